The van der Waals surface area contributed by atoms with E-state index in [1.54, 1.807) is 48.5 Å². The minimum Gasteiger partial charge on any atom is -0.312 e. The van der Waals surface area contributed by atoms with Crippen molar-refractivity contribution in [1.82, 2.24) is 9.71 Å². The van der Waals surface area contributed by atoms with Crippen LogP contribution in [0.2, 0.25) is 0 Å². The molecule has 0 fully saturated rings. The summed E-state index contributed by atoms with van der Waals surface area (Å²) in [7, 11) is -3.65. The van der Waals surface area contributed by atoms with Gasteiger partial charge in [0.2, 0.25) is 15.9 Å². The number of nitrogens with zero attached hydrogens (tertiary/aromatic N) is 2. The molecule has 0 unspecified atom stereocenters. The number of anilines is 1. The van der Waals surface area contributed by atoms with Gasteiger partial charge in [0.05, 0.1) is 4.90 Å². The van der Waals surface area contributed by atoms with E-state index in [0.717, 1.165) is 16.8 Å². The van der Waals surface area contributed by atoms with Crippen LogP contribution in [0.4, 0.5) is 5.69 Å². The van der Waals surface area contributed by atoms with Gasteiger partial charge in [-0.3, -0.25) is 9.78 Å². The van der Waals surface area contributed by atoms with Gasteiger partial charge in [0, 0.05) is 37.6 Å². The highest BCUT2D eigenvalue weighted by molar-refractivity contribution is 7.89. The molecule has 1 N–H and O–H groups in total. The number of hydrogen-bond acceptors (Lipinski definition) is 4. The molecule has 2 aromatic rings. The van der Waals surface area contributed by atoms with Gasteiger partial charge in [0.1, 0.15) is 0 Å². The summed E-state index contributed by atoms with van der Waals surface area (Å²) in [5.74, 6) is -0.0346. The van der Waals surface area contributed by atoms with Crippen LogP contribution in [0.15, 0.2) is 47.6 Å². The molecule has 1 aromatic heterocycles. The number of amides is 1. The van der Waals surface area contributed by atoms with Crippen molar-refractivity contribution in [2.45, 2.75) is 31.2 Å². The van der Waals surface area contributed by atoms with E-state index < -0.39 is 10.0 Å². The van der Waals surface area contributed by atoms with Crippen molar-refractivity contribution < 1.29 is 13.2 Å². The zero-order valence-electron chi connectivity index (χ0n) is 13.6. The van der Waals surface area contributed by atoms with E-state index in [2.05, 4.69) is 9.71 Å². The van der Waals surface area contributed by atoms with Crippen LogP contribution < -0.4 is 9.62 Å². The molecule has 1 aliphatic heterocycles. The Morgan fingerprint density at radius 2 is 2.12 bits per heavy atom. The minimum absolute atomic E-state index is 0.0346. The second-order valence-corrected chi connectivity index (χ2v) is 7.55. The summed E-state index contributed by atoms with van der Waals surface area (Å²) >= 11 is 0. The molecular weight excluding hydrogens is 326 g/mol. The lowest BCUT2D eigenvalue weighted by molar-refractivity contribution is -0.116. The van der Waals surface area contributed by atoms with Gasteiger partial charge in [-0.1, -0.05) is 6.07 Å². The molecule has 0 saturated carbocycles. The minimum atomic E-state index is -3.65. The molecular formula is C17H19N3O3S. The number of benzene rings is 1. The van der Waals surface area contributed by atoms with Gasteiger partial charge in [-0.25, -0.2) is 13.1 Å². The first kappa shape index (κ1) is 16.6. The normalized spacial score (nSPS) is 15.2. The fourth-order valence-corrected chi connectivity index (χ4v) is 4.16. The average molecular weight is 345 g/mol. The van der Waals surface area contributed by atoms with E-state index in [4.69, 9.17) is 0 Å². The summed E-state index contributed by atoms with van der Waals surface area (Å²) in [5, 5.41) is 0. The number of hydrogen-bond donors (Lipinski definition) is 1. The summed E-state index contributed by atoms with van der Waals surface area (Å²) in [4.78, 5) is 17.5. The van der Waals surface area contributed by atoms with E-state index in [0.29, 0.717) is 13.0 Å². The lowest BCUT2D eigenvalue weighted by Crippen LogP contribution is -2.27. The molecule has 126 valence electrons. The van der Waals surface area contributed by atoms with Gasteiger partial charge in [0.25, 0.3) is 0 Å². The fraction of sp³-hybridized carbons (Fsp3) is 0.294. The van der Waals surface area contributed by atoms with E-state index in [-0.39, 0.29) is 16.8 Å². The van der Waals surface area contributed by atoms with Crippen molar-refractivity contribution in [2.75, 3.05) is 11.4 Å². The highest BCUT2D eigenvalue weighted by Gasteiger charge is 2.25. The van der Waals surface area contributed by atoms with E-state index in [9.17, 15) is 13.2 Å². The van der Waals surface area contributed by atoms with Crippen molar-refractivity contribution in [1.29, 1.82) is 0 Å². The topological polar surface area (TPSA) is 79.4 Å². The van der Waals surface area contributed by atoms with Crippen LogP contribution in [-0.2, 0) is 21.2 Å². The number of sulfonamides is 1. The maximum absolute atomic E-state index is 12.6. The van der Waals surface area contributed by atoms with Crippen LogP contribution in [0.3, 0.4) is 0 Å². The molecule has 24 heavy (non-hydrogen) atoms. The van der Waals surface area contributed by atoms with Gasteiger partial charge < -0.3 is 4.90 Å². The smallest absolute Gasteiger partial charge is 0.241 e. The Bertz CT molecular complexity index is 866. The van der Waals surface area contributed by atoms with Crippen molar-refractivity contribution in [3.05, 3.63) is 53.9 Å². The van der Waals surface area contributed by atoms with Gasteiger partial charge in [-0.15, -0.1) is 0 Å². The second-order valence-electron chi connectivity index (χ2n) is 5.84. The lowest BCUT2D eigenvalue weighted by Gasteiger charge is -2.16. The Morgan fingerprint density at radius 1 is 1.33 bits per heavy atom. The third-order valence-electron chi connectivity index (χ3n) is 4.15. The zero-order chi connectivity index (χ0) is 17.3. The molecule has 7 heteroatoms. The average Bonchev–Trinajstić information content (AvgIpc) is 2.98. The van der Waals surface area contributed by atoms with Crippen molar-refractivity contribution in [2.24, 2.45) is 0 Å². The maximum Gasteiger partial charge on any atom is 0.241 e. The summed E-state index contributed by atoms with van der Waals surface area (Å²) in [6.45, 7) is 3.88. The Kier molecular flexibility index (Phi) is 4.38. The highest BCUT2D eigenvalue weighted by Crippen LogP contribution is 2.30. The van der Waals surface area contributed by atoms with Crippen molar-refractivity contribution in [3.8, 4) is 0 Å². The monoisotopic (exact) mass is 345 g/mol. The number of aromatic nitrogens is 1. The maximum atomic E-state index is 12.6. The van der Waals surface area contributed by atoms with Gasteiger partial charge in [-0.05, 0) is 48.7 Å². The highest BCUT2D eigenvalue weighted by atomic mass is 32.2. The van der Waals surface area contributed by atoms with Gasteiger partial charge in [-0.2, -0.15) is 0 Å². The molecule has 0 aliphatic carbocycles. The molecule has 2 heterocycles. The Morgan fingerprint density at radius 3 is 2.79 bits per heavy atom. The van der Waals surface area contributed by atoms with E-state index in [1.807, 2.05) is 6.07 Å². The molecule has 6 nitrogen and oxygen atoms in total. The third kappa shape index (κ3) is 3.18. The predicted molar refractivity (Wildman–Crippen MR) is 91.1 cm³/mol. The molecule has 0 saturated heterocycles. The van der Waals surface area contributed by atoms with Crippen LogP contribution >= 0.6 is 0 Å². The van der Waals surface area contributed by atoms with Crippen LogP contribution in [-0.4, -0.2) is 25.9 Å². The van der Waals surface area contributed by atoms with Gasteiger partial charge in [0.15, 0.2) is 0 Å². The quantitative estimate of drug-likeness (QED) is 0.919. The molecule has 0 spiro atoms. The first-order chi connectivity index (χ1) is 11.4. The predicted octanol–water partition coefficient (Wildman–Crippen LogP) is 2.03. The first-order valence-electron chi connectivity index (χ1n) is 7.72. The van der Waals surface area contributed by atoms with Crippen molar-refractivity contribution >= 4 is 21.6 Å². The molecule has 1 atom stereocenters. The summed E-state index contributed by atoms with van der Waals surface area (Å²) in [6.07, 6.45) is 3.95. The molecule has 1 aliphatic rings. The van der Waals surface area contributed by atoms with E-state index >= 15 is 0 Å². The SMILES string of the molecule is CC(=O)N1CCc2cc(S(=O)(=O)N[C@H](C)c3cccnc3)ccc21. The van der Waals surface area contributed by atoms with Gasteiger partial charge >= 0.3 is 0 Å². The molecule has 3 rings (SSSR count). The van der Waals surface area contributed by atoms with E-state index in [1.165, 1.54) is 6.92 Å². The van der Waals surface area contributed by atoms with Crippen LogP contribution in [0, 0.1) is 0 Å². The molecule has 0 bridgehead atoms. The Hall–Kier alpha value is -2.25. The molecule has 0 radical (unpaired) electrons. The number of carbonyl (C=O) groups is 1. The lowest BCUT2D eigenvalue weighted by atomic mass is 10.2. The Balaban J connectivity index is 1.85. The van der Waals surface area contributed by atoms with Crippen LogP contribution in [0.5, 0.6) is 0 Å². The fourth-order valence-electron chi connectivity index (χ4n) is 2.87. The number of fused-ring (bicyclic) bond motifs is 1. The standard InChI is InChI=1S/C17H19N3O3S/c1-12(15-4-3-8-18-11-15)19-24(22,23)16-5-6-17-14(10-16)7-9-20(17)13(2)21/h3-6,8,10-12,19H,7,9H2,1-2H3/t12-/m1/s1. The number of nitrogens with one attached hydrogen (secondary N) is 1. The third-order valence-corrected chi connectivity index (χ3v) is 5.69. The largest absolute Gasteiger partial charge is 0.312 e. The van der Waals surface area contributed by atoms with Crippen molar-refractivity contribution in [3.63, 3.8) is 0 Å². The molecule has 1 aromatic carbocycles. The summed E-state index contributed by atoms with van der Waals surface area (Å²) in [6, 6.07) is 8.10. The Labute approximate surface area is 141 Å². The summed E-state index contributed by atoms with van der Waals surface area (Å²) < 4.78 is 27.9. The number of carbonyl (C=O) groups excluding carboxylic acids is 1. The number of pyridine rings is 1. The zero-order valence-corrected chi connectivity index (χ0v) is 14.4. The first-order valence-corrected chi connectivity index (χ1v) is 9.20. The summed E-state index contributed by atoms with van der Waals surface area (Å²) in [5.41, 5.74) is 2.47. The number of rotatable bonds is 4. The van der Waals surface area contributed by atoms with Crippen LogP contribution in [0.1, 0.15) is 31.0 Å². The molecule has 1 amide bonds. The second kappa shape index (κ2) is 6.33. The van der Waals surface area contributed by atoms with Crippen LogP contribution in [0.25, 0.3) is 0 Å².